The van der Waals surface area contributed by atoms with E-state index < -0.39 is 12.6 Å². The van der Waals surface area contributed by atoms with Crippen LogP contribution in [0.4, 0.5) is 0 Å². The summed E-state index contributed by atoms with van der Waals surface area (Å²) in [5.74, 6) is 0.115. The Labute approximate surface area is 181 Å². The maximum Gasteiger partial charge on any atom is 0.339 e. The van der Waals surface area contributed by atoms with Crippen molar-refractivity contribution in [1.82, 2.24) is 14.8 Å². The van der Waals surface area contributed by atoms with Gasteiger partial charge < -0.3 is 14.2 Å². The molecule has 0 fully saturated rings. The number of ether oxygens (including phenoxy) is 3. The Morgan fingerprint density at radius 2 is 1.74 bits per heavy atom. The second-order valence-electron chi connectivity index (χ2n) is 7.74. The van der Waals surface area contributed by atoms with Crippen molar-refractivity contribution in [2.24, 2.45) is 0 Å². The molecule has 3 rings (SSSR count). The van der Waals surface area contributed by atoms with Crippen molar-refractivity contribution in [1.29, 1.82) is 0 Å². The zero-order chi connectivity index (χ0) is 22.7. The fourth-order valence-electron chi connectivity index (χ4n) is 3.18. The average Bonchev–Trinajstić information content (AvgIpc) is 3.20. The number of carbonyl (C=O) groups is 2. The molecule has 3 aromatic rings. The highest BCUT2D eigenvalue weighted by molar-refractivity contribution is 6.04. The number of Topliss-reactive ketones (excluding diaryl/α,β-unsaturated/α-hetero) is 1. The number of carbonyl (C=O) groups excluding carboxylic acids is 2. The van der Waals surface area contributed by atoms with Gasteiger partial charge in [-0.2, -0.15) is 5.10 Å². The van der Waals surface area contributed by atoms with Gasteiger partial charge in [0, 0.05) is 17.3 Å². The minimum atomic E-state index is -0.591. The predicted molar refractivity (Wildman–Crippen MR) is 116 cm³/mol. The van der Waals surface area contributed by atoms with Crippen LogP contribution in [0.15, 0.2) is 30.5 Å². The summed E-state index contributed by atoms with van der Waals surface area (Å²) in [6.45, 7) is 7.60. The van der Waals surface area contributed by atoms with Crippen molar-refractivity contribution in [3.05, 3.63) is 47.3 Å². The smallest absolute Gasteiger partial charge is 0.339 e. The van der Waals surface area contributed by atoms with Crippen molar-refractivity contribution < 1.29 is 23.8 Å². The van der Waals surface area contributed by atoms with E-state index in [1.165, 1.54) is 14.2 Å². The van der Waals surface area contributed by atoms with E-state index in [4.69, 9.17) is 14.2 Å². The summed E-state index contributed by atoms with van der Waals surface area (Å²) in [6.07, 6.45) is 1.61. The molecule has 0 saturated carbocycles. The minimum Gasteiger partial charge on any atom is -0.493 e. The third kappa shape index (κ3) is 4.52. The summed E-state index contributed by atoms with van der Waals surface area (Å²) in [5, 5.41) is 4.97. The maximum atomic E-state index is 12.9. The highest BCUT2D eigenvalue weighted by Crippen LogP contribution is 2.28. The number of hydrogen-bond donors (Lipinski definition) is 0. The number of esters is 1. The molecule has 0 spiro atoms. The number of ketones is 1. The topological polar surface area (TPSA) is 92.5 Å². The first-order chi connectivity index (χ1) is 14.8. The molecule has 0 aliphatic heterocycles. The number of aromatic nitrogens is 3. The van der Waals surface area contributed by atoms with Crippen LogP contribution in [0.3, 0.4) is 0 Å². The second-order valence-corrected chi connectivity index (χ2v) is 7.74. The Kier molecular flexibility index (Phi) is 6.58. The number of hydrogen-bond acceptors (Lipinski definition) is 7. The number of benzene rings is 1. The summed E-state index contributed by atoms with van der Waals surface area (Å²) >= 11 is 0. The number of nitrogens with zero attached hydrogens (tertiary/aromatic N) is 3. The lowest BCUT2D eigenvalue weighted by Crippen LogP contribution is -2.15. The SMILES string of the molecule is COc1ccc(C(=O)COC(=O)c2cc(C(C)C)nc3c2cnn3C(C)C)cc1OC. The first-order valence-corrected chi connectivity index (χ1v) is 10.1. The monoisotopic (exact) mass is 425 g/mol. The lowest BCUT2D eigenvalue weighted by atomic mass is 10.1. The molecule has 0 radical (unpaired) electrons. The van der Waals surface area contributed by atoms with Crippen LogP contribution in [0.5, 0.6) is 11.5 Å². The fourth-order valence-corrected chi connectivity index (χ4v) is 3.18. The summed E-state index contributed by atoms with van der Waals surface area (Å²) in [6, 6.07) is 6.59. The molecule has 8 heteroatoms. The van der Waals surface area contributed by atoms with Crippen molar-refractivity contribution >= 4 is 22.8 Å². The van der Waals surface area contributed by atoms with E-state index in [2.05, 4.69) is 10.1 Å². The van der Waals surface area contributed by atoms with E-state index in [0.717, 1.165) is 5.69 Å². The molecule has 0 unspecified atom stereocenters. The second kappa shape index (κ2) is 9.16. The molecule has 164 valence electrons. The number of methoxy groups -OCH3 is 2. The molecular formula is C23H27N3O5. The van der Waals surface area contributed by atoms with Crippen LogP contribution in [-0.2, 0) is 4.74 Å². The van der Waals surface area contributed by atoms with Gasteiger partial charge in [-0.05, 0) is 44.0 Å². The molecule has 0 N–H and O–H groups in total. The van der Waals surface area contributed by atoms with Gasteiger partial charge in [-0.15, -0.1) is 0 Å². The van der Waals surface area contributed by atoms with Crippen molar-refractivity contribution in [2.75, 3.05) is 20.8 Å². The standard InChI is InChI=1S/C23H27N3O5/c1-13(2)18-10-16(17-11-24-26(14(3)4)22(17)25-18)23(28)31-12-19(27)15-7-8-20(29-5)21(9-15)30-6/h7-11,13-14H,12H2,1-6H3. The van der Waals surface area contributed by atoms with E-state index in [1.54, 1.807) is 35.1 Å². The van der Waals surface area contributed by atoms with E-state index >= 15 is 0 Å². The lowest BCUT2D eigenvalue weighted by Gasteiger charge is -2.12. The highest BCUT2D eigenvalue weighted by Gasteiger charge is 2.21. The minimum absolute atomic E-state index is 0.0860. The maximum absolute atomic E-state index is 12.9. The van der Waals surface area contributed by atoms with E-state index in [-0.39, 0.29) is 17.7 Å². The van der Waals surface area contributed by atoms with Gasteiger partial charge in [0.15, 0.2) is 29.5 Å². The highest BCUT2D eigenvalue weighted by atomic mass is 16.5. The predicted octanol–water partition coefficient (Wildman–Crippen LogP) is 4.19. The van der Waals surface area contributed by atoms with E-state index in [0.29, 0.717) is 33.7 Å². The first kappa shape index (κ1) is 22.3. The van der Waals surface area contributed by atoms with E-state index in [1.807, 2.05) is 27.7 Å². The Morgan fingerprint density at radius 1 is 1.03 bits per heavy atom. The van der Waals surface area contributed by atoms with Crippen LogP contribution in [0.2, 0.25) is 0 Å². The summed E-state index contributed by atoms with van der Waals surface area (Å²) in [7, 11) is 3.01. The van der Waals surface area contributed by atoms with Gasteiger partial charge in [-0.1, -0.05) is 13.8 Å². The molecule has 2 aromatic heterocycles. The van der Waals surface area contributed by atoms with Gasteiger partial charge in [-0.3, -0.25) is 4.79 Å². The summed E-state index contributed by atoms with van der Waals surface area (Å²) in [5.41, 5.74) is 2.09. The molecule has 0 aliphatic rings. The molecular weight excluding hydrogens is 398 g/mol. The van der Waals surface area contributed by atoms with Crippen LogP contribution in [-0.4, -0.2) is 47.3 Å². The third-order valence-corrected chi connectivity index (χ3v) is 4.93. The molecule has 0 atom stereocenters. The number of fused-ring (bicyclic) bond motifs is 1. The van der Waals surface area contributed by atoms with Crippen LogP contribution in [0.1, 0.15) is 66.1 Å². The summed E-state index contributed by atoms with van der Waals surface area (Å²) in [4.78, 5) is 30.1. The molecule has 8 nitrogen and oxygen atoms in total. The van der Waals surface area contributed by atoms with Crippen molar-refractivity contribution in [2.45, 2.75) is 39.7 Å². The molecule has 0 amide bonds. The molecule has 0 saturated heterocycles. The van der Waals surface area contributed by atoms with E-state index in [9.17, 15) is 9.59 Å². The first-order valence-electron chi connectivity index (χ1n) is 10.1. The quantitative estimate of drug-likeness (QED) is 0.395. The normalized spacial score (nSPS) is 11.2. The van der Waals surface area contributed by atoms with Gasteiger partial charge in [0.1, 0.15) is 0 Å². The molecule has 0 bridgehead atoms. The Hall–Kier alpha value is -3.42. The van der Waals surface area contributed by atoms with Crippen LogP contribution in [0.25, 0.3) is 11.0 Å². The zero-order valence-electron chi connectivity index (χ0n) is 18.6. The van der Waals surface area contributed by atoms with Crippen molar-refractivity contribution in [3.8, 4) is 11.5 Å². The molecule has 0 aliphatic carbocycles. The third-order valence-electron chi connectivity index (χ3n) is 4.93. The largest absolute Gasteiger partial charge is 0.493 e. The van der Waals surface area contributed by atoms with Crippen LogP contribution >= 0.6 is 0 Å². The fraction of sp³-hybridized carbons (Fsp3) is 0.391. The lowest BCUT2D eigenvalue weighted by molar-refractivity contribution is 0.0476. The Bertz CT molecular complexity index is 1120. The Morgan fingerprint density at radius 3 is 2.35 bits per heavy atom. The zero-order valence-corrected chi connectivity index (χ0v) is 18.6. The van der Waals surface area contributed by atoms with Gasteiger partial charge in [0.05, 0.1) is 31.4 Å². The number of rotatable bonds is 8. The van der Waals surface area contributed by atoms with Gasteiger partial charge in [-0.25, -0.2) is 14.5 Å². The average molecular weight is 425 g/mol. The molecule has 2 heterocycles. The number of pyridine rings is 1. The van der Waals surface area contributed by atoms with Gasteiger partial charge in [0.25, 0.3) is 0 Å². The van der Waals surface area contributed by atoms with Gasteiger partial charge >= 0.3 is 5.97 Å². The van der Waals surface area contributed by atoms with Crippen LogP contribution < -0.4 is 9.47 Å². The Balaban J connectivity index is 1.86. The van der Waals surface area contributed by atoms with Gasteiger partial charge in [0.2, 0.25) is 0 Å². The summed E-state index contributed by atoms with van der Waals surface area (Å²) < 4.78 is 17.5. The molecule has 31 heavy (non-hydrogen) atoms. The molecule has 1 aromatic carbocycles. The van der Waals surface area contributed by atoms with Crippen LogP contribution in [0, 0.1) is 0 Å². The van der Waals surface area contributed by atoms with Crippen molar-refractivity contribution in [3.63, 3.8) is 0 Å².